The molecule has 3 aliphatic heterocycles. The predicted octanol–water partition coefficient (Wildman–Crippen LogP) is -0.472. The molecule has 460 valence electrons. The van der Waals surface area contributed by atoms with Gasteiger partial charge in [-0.1, -0.05) is 19.4 Å². The number of nitrogens with zero attached hydrogens (tertiary/aromatic N) is 11. The largest absolute Gasteiger partial charge is 0.360 e. The molecule has 85 heavy (non-hydrogen) atoms. The van der Waals surface area contributed by atoms with Crippen LogP contribution in [0.4, 0.5) is 17.2 Å². The third kappa shape index (κ3) is 17.6. The Bertz CT molecular complexity index is 3090. The van der Waals surface area contributed by atoms with Crippen LogP contribution in [-0.2, 0) is 49.9 Å². The van der Waals surface area contributed by atoms with E-state index < -0.39 is 41.9 Å². The van der Waals surface area contributed by atoms with E-state index in [1.54, 1.807) is 120 Å². The highest BCUT2D eigenvalue weighted by molar-refractivity contribution is 6.00. The normalized spacial score (nSPS) is 14.9. The highest BCUT2D eigenvalue weighted by Gasteiger charge is 2.34. The SMILES string of the molecule is C=CN(CCCCCCN)/C(=C\NC(=O)c1nc(NC(=O)CCNC(=O)c2cc(NC(=O)C3N(C)C=CN3C)cn2C)cn1C)C(=O)NCCCC(=O)NC1=CN(C)[C@H](C(=O)NCCC(=O)Nc2cc(C(=O)NC3=CN(C)CN3C)n(C)c2)N1C. The maximum Gasteiger partial charge on any atom is 0.291 e. The zero-order valence-electron chi connectivity index (χ0n) is 49.8. The second-order valence-corrected chi connectivity index (χ2v) is 20.9. The molecule has 30 nitrogen and oxygen atoms in total. The van der Waals surface area contributed by atoms with Gasteiger partial charge in [-0.25, -0.2) is 4.98 Å². The van der Waals surface area contributed by atoms with Crippen molar-refractivity contribution in [3.8, 4) is 0 Å². The minimum atomic E-state index is -0.829. The van der Waals surface area contributed by atoms with E-state index in [9.17, 15) is 43.2 Å². The molecule has 0 aliphatic carbocycles. The van der Waals surface area contributed by atoms with Crippen molar-refractivity contribution >= 4 is 70.4 Å². The first-order chi connectivity index (χ1) is 40.5. The molecule has 6 rings (SSSR count). The van der Waals surface area contributed by atoms with Crippen LogP contribution < -0.4 is 53.6 Å². The Morgan fingerprint density at radius 3 is 1.88 bits per heavy atom. The molecule has 3 aliphatic rings. The van der Waals surface area contributed by atoms with E-state index in [0.717, 1.165) is 19.3 Å². The lowest BCUT2D eigenvalue weighted by Crippen LogP contribution is -2.50. The van der Waals surface area contributed by atoms with Gasteiger partial charge in [0.25, 0.3) is 35.4 Å². The first kappa shape index (κ1) is 64.4. The number of carbonyl (C=O) groups excluding carboxylic acids is 9. The molecule has 30 heteroatoms. The summed E-state index contributed by atoms with van der Waals surface area (Å²) in [7, 11) is 15.6. The second-order valence-electron chi connectivity index (χ2n) is 20.9. The fourth-order valence-electron chi connectivity index (χ4n) is 9.51. The van der Waals surface area contributed by atoms with Crippen molar-refractivity contribution in [2.24, 2.45) is 26.9 Å². The van der Waals surface area contributed by atoms with Gasteiger partial charge in [-0.2, -0.15) is 0 Å². The molecule has 0 aromatic carbocycles. The number of aromatic nitrogens is 4. The summed E-state index contributed by atoms with van der Waals surface area (Å²) in [4.78, 5) is 135. The Hall–Kier alpha value is -9.74. The maximum absolute atomic E-state index is 13.8. The van der Waals surface area contributed by atoms with Gasteiger partial charge in [0.05, 0.1) is 18.0 Å². The van der Waals surface area contributed by atoms with Crippen molar-refractivity contribution in [1.82, 2.24) is 84.9 Å². The number of unbranched alkanes of at least 4 members (excludes halogenated alkanes) is 3. The highest BCUT2D eigenvalue weighted by atomic mass is 16.2. The van der Waals surface area contributed by atoms with Crippen LogP contribution >= 0.6 is 0 Å². The molecule has 0 saturated carbocycles. The Labute approximate surface area is 494 Å². The van der Waals surface area contributed by atoms with Crippen molar-refractivity contribution in [1.29, 1.82) is 0 Å². The first-order valence-electron chi connectivity index (χ1n) is 27.7. The predicted molar refractivity (Wildman–Crippen MR) is 317 cm³/mol. The molecule has 0 radical (unpaired) electrons. The summed E-state index contributed by atoms with van der Waals surface area (Å²) in [5, 5.41) is 24.9. The summed E-state index contributed by atoms with van der Waals surface area (Å²) in [6, 6.07) is 3.11. The van der Waals surface area contributed by atoms with E-state index in [1.165, 1.54) is 29.2 Å². The number of rotatable bonds is 30. The number of nitrogens with two attached hydrogens (primary N) is 1. The smallest absolute Gasteiger partial charge is 0.291 e. The topological polar surface area (TPSA) is 338 Å². The van der Waals surface area contributed by atoms with Crippen molar-refractivity contribution in [2.45, 2.75) is 63.7 Å². The summed E-state index contributed by atoms with van der Waals surface area (Å²) < 4.78 is 4.57. The lowest BCUT2D eigenvalue weighted by atomic mass is 10.2. The fraction of sp³-hybridized carbons (Fsp3) is 0.455. The molecule has 0 fully saturated rings. The minimum absolute atomic E-state index is 0.00252. The van der Waals surface area contributed by atoms with Gasteiger partial charge in [-0.15, -0.1) is 0 Å². The first-order valence-corrected chi connectivity index (χ1v) is 27.7. The van der Waals surface area contributed by atoms with Gasteiger partial charge in [0, 0.05) is 158 Å². The number of imidazole rings is 1. The Morgan fingerprint density at radius 2 is 1.24 bits per heavy atom. The lowest BCUT2D eigenvalue weighted by molar-refractivity contribution is -0.129. The third-order valence-electron chi connectivity index (χ3n) is 13.9. The maximum atomic E-state index is 13.8. The van der Waals surface area contributed by atoms with Crippen LogP contribution in [0.25, 0.3) is 0 Å². The average Bonchev–Trinajstić information content (AvgIpc) is 4.50. The highest BCUT2D eigenvalue weighted by Crippen LogP contribution is 2.21. The second kappa shape index (κ2) is 30.0. The Kier molecular flexibility index (Phi) is 22.7. The van der Waals surface area contributed by atoms with Gasteiger partial charge in [0.1, 0.15) is 28.7 Å². The van der Waals surface area contributed by atoms with Crippen LogP contribution in [0, 0.1) is 0 Å². The van der Waals surface area contributed by atoms with Gasteiger partial charge in [0.2, 0.25) is 23.5 Å². The van der Waals surface area contributed by atoms with E-state index in [4.69, 9.17) is 5.73 Å². The molecule has 0 unspecified atom stereocenters. The average molecular weight is 1180 g/mol. The molecular weight excluding hydrogens is 1100 g/mol. The zero-order valence-corrected chi connectivity index (χ0v) is 49.8. The molecule has 9 amide bonds. The van der Waals surface area contributed by atoms with Crippen LogP contribution in [0.2, 0.25) is 0 Å². The number of nitrogens with one attached hydrogen (secondary N) is 9. The van der Waals surface area contributed by atoms with Crippen LogP contribution in [0.15, 0.2) is 91.8 Å². The summed E-state index contributed by atoms with van der Waals surface area (Å²) in [6.45, 7) is 5.54. The lowest BCUT2D eigenvalue weighted by Gasteiger charge is -2.27. The van der Waals surface area contributed by atoms with E-state index in [-0.39, 0.29) is 92.0 Å². The number of anilines is 3. The molecule has 11 N–H and O–H groups in total. The van der Waals surface area contributed by atoms with Gasteiger partial charge in [-0.05, 0) is 44.1 Å². The summed E-state index contributed by atoms with van der Waals surface area (Å²) in [6.07, 6.45) is 16.3. The molecule has 0 bridgehead atoms. The third-order valence-corrected chi connectivity index (χ3v) is 13.9. The molecule has 6 heterocycles. The van der Waals surface area contributed by atoms with Gasteiger partial charge < -0.3 is 102 Å². The quantitative estimate of drug-likeness (QED) is 0.0298. The summed E-state index contributed by atoms with van der Waals surface area (Å²) >= 11 is 0. The van der Waals surface area contributed by atoms with E-state index in [0.29, 0.717) is 54.9 Å². The van der Waals surface area contributed by atoms with Crippen molar-refractivity contribution < 1.29 is 43.2 Å². The molecular formula is C55H81N21O9. The number of amides is 9. The molecule has 0 saturated heterocycles. The Morgan fingerprint density at radius 1 is 0.612 bits per heavy atom. The fourth-order valence-corrected chi connectivity index (χ4v) is 9.51. The van der Waals surface area contributed by atoms with Crippen molar-refractivity contribution in [2.75, 3.05) is 97.6 Å². The van der Waals surface area contributed by atoms with Gasteiger partial charge in [-0.3, -0.25) is 43.2 Å². The monoisotopic (exact) mass is 1180 g/mol. The van der Waals surface area contributed by atoms with Crippen LogP contribution in [0.5, 0.6) is 0 Å². The van der Waals surface area contributed by atoms with Crippen LogP contribution in [0.3, 0.4) is 0 Å². The van der Waals surface area contributed by atoms with E-state index in [1.807, 2.05) is 30.1 Å². The van der Waals surface area contributed by atoms with Crippen LogP contribution in [0.1, 0.15) is 83.0 Å². The zero-order chi connectivity index (χ0) is 62.1. The standard InChI is InChI=1S/C55H81N21O9/c1-11-76(24-15-13-12-14-20-56)40(29-60-51(83)47-64-41(32-72(47)7)63-46(79)19-22-58-48(80)38-28-37(31-70(38)5)62-53(85)54-68(3)25-26-69(54)4)49(81)57-21-16-17-44(77)65-43-34-73(8)55(75(43)10)52(84)59-23-18-45(78)61-36-27-39(71(6)30-36)50(82)66-42-33-67(2)35-74(42)9/h11,25-34,54-55H,1,12-24,35,56H2,2-10H3,(H,57,81)(H,58,80)(H,59,84)(H,60,83)(H,61,78)(H,62,85)(H,63,79)(H,65,77)(H,66,82)/b40-29-/t55-/m0/s1. The Balaban J connectivity index is 0.933. The van der Waals surface area contributed by atoms with Crippen LogP contribution in [-0.4, -0.2) is 200 Å². The van der Waals surface area contributed by atoms with E-state index in [2.05, 4.69) is 59.4 Å². The number of carbonyl (C=O) groups is 9. The molecule has 0 spiro atoms. The molecule has 1 atom stereocenters. The van der Waals surface area contributed by atoms with Gasteiger partial charge >= 0.3 is 0 Å². The number of likely N-dealkylation sites (N-methyl/N-ethyl adjacent to an activating group) is 4. The summed E-state index contributed by atoms with van der Waals surface area (Å²) in [5.74, 6) is -2.96. The number of aryl methyl sites for hydroxylation is 3. The molecule has 3 aromatic rings. The summed E-state index contributed by atoms with van der Waals surface area (Å²) in [5.41, 5.74) is 7.20. The van der Waals surface area contributed by atoms with Gasteiger partial charge in [0.15, 0.2) is 18.1 Å². The number of hydrogen-bond donors (Lipinski definition) is 10. The minimum Gasteiger partial charge on any atom is -0.360 e. The molecule has 3 aromatic heterocycles. The van der Waals surface area contributed by atoms with Crippen molar-refractivity contribution in [3.05, 3.63) is 109 Å². The van der Waals surface area contributed by atoms with Crippen molar-refractivity contribution in [3.63, 3.8) is 0 Å². The van der Waals surface area contributed by atoms with E-state index >= 15 is 0 Å². The number of hydrogen-bond acceptors (Lipinski definition) is 18.